The van der Waals surface area contributed by atoms with Crippen LogP contribution in [0.25, 0.3) is 0 Å². The Hall–Kier alpha value is -4.87. The molecule has 12 heteroatoms. The Labute approximate surface area is 205 Å². The number of halogens is 1. The van der Waals surface area contributed by atoms with E-state index in [0.29, 0.717) is 17.0 Å². The van der Waals surface area contributed by atoms with Crippen LogP contribution in [0.5, 0.6) is 5.75 Å². The van der Waals surface area contributed by atoms with Crippen LogP contribution < -0.4 is 10.2 Å². The zero-order chi connectivity index (χ0) is 25.7. The van der Waals surface area contributed by atoms with E-state index in [-0.39, 0.29) is 17.3 Å². The molecule has 36 heavy (non-hydrogen) atoms. The van der Waals surface area contributed by atoms with Crippen LogP contribution in [0.15, 0.2) is 83.3 Å². The van der Waals surface area contributed by atoms with Gasteiger partial charge in [-0.25, -0.2) is 14.8 Å². The van der Waals surface area contributed by atoms with Crippen LogP contribution in [0.4, 0.5) is 10.1 Å². The van der Waals surface area contributed by atoms with E-state index in [2.05, 4.69) is 20.6 Å². The van der Waals surface area contributed by atoms with Gasteiger partial charge in [-0.2, -0.15) is 5.10 Å². The molecule has 4 rings (SSSR count). The number of hydrogen-bond acceptors (Lipinski definition) is 8. The molecule has 1 atom stereocenters. The van der Waals surface area contributed by atoms with Crippen molar-refractivity contribution >= 4 is 23.3 Å². The molecule has 11 nitrogen and oxygen atoms in total. The molecule has 0 saturated carbocycles. The van der Waals surface area contributed by atoms with Crippen molar-refractivity contribution in [2.24, 2.45) is 10.2 Å². The summed E-state index contributed by atoms with van der Waals surface area (Å²) in [6.45, 7) is 2.94. The molecular weight excluding hydrogens is 471 g/mol. The van der Waals surface area contributed by atoms with E-state index >= 15 is 0 Å². The molecule has 1 aliphatic rings. The number of amidine groups is 1. The summed E-state index contributed by atoms with van der Waals surface area (Å²) in [5, 5.41) is 21.0. The number of nitrogens with one attached hydrogen (secondary N) is 1. The Bertz CT molecular complexity index is 1330. The van der Waals surface area contributed by atoms with E-state index in [0.717, 1.165) is 0 Å². The molecule has 0 fully saturated rings. The monoisotopic (exact) mass is 492 g/mol. The summed E-state index contributed by atoms with van der Waals surface area (Å²) < 4.78 is 25.1. The van der Waals surface area contributed by atoms with Gasteiger partial charge in [0.1, 0.15) is 17.4 Å². The molecule has 2 aromatic carbocycles. The minimum absolute atomic E-state index is 0.154. The highest BCUT2D eigenvalue weighted by atomic mass is 19.1. The zero-order valence-corrected chi connectivity index (χ0v) is 19.3. The van der Waals surface area contributed by atoms with Crippen molar-refractivity contribution in [1.82, 2.24) is 15.4 Å². The fourth-order valence-corrected chi connectivity index (χ4v) is 3.43. The Morgan fingerprint density at radius 2 is 1.94 bits per heavy atom. The first-order chi connectivity index (χ1) is 17.3. The predicted octanol–water partition coefficient (Wildman–Crippen LogP) is 3.52. The molecule has 184 valence electrons. The van der Waals surface area contributed by atoms with Crippen LogP contribution >= 0.6 is 0 Å². The van der Waals surface area contributed by atoms with Crippen LogP contribution in [0.1, 0.15) is 25.0 Å². The Morgan fingerprint density at radius 3 is 2.64 bits per heavy atom. The summed E-state index contributed by atoms with van der Waals surface area (Å²) in [7, 11) is 0. The smallest absolute Gasteiger partial charge is 0.278 e. The number of nitro groups is 1. The second-order valence-electron chi connectivity index (χ2n) is 7.78. The maximum Gasteiger partial charge on any atom is 0.278 e. The molecule has 1 aliphatic heterocycles. The van der Waals surface area contributed by atoms with Crippen molar-refractivity contribution in [3.05, 3.63) is 100 Å². The molecule has 0 saturated heterocycles. The number of pyridine rings is 1. The van der Waals surface area contributed by atoms with Gasteiger partial charge in [0.2, 0.25) is 11.6 Å². The van der Waals surface area contributed by atoms with Crippen molar-refractivity contribution in [2.45, 2.75) is 19.6 Å². The van der Waals surface area contributed by atoms with Crippen LogP contribution in [-0.2, 0) is 15.3 Å². The second-order valence-corrected chi connectivity index (χ2v) is 7.78. The van der Waals surface area contributed by atoms with Gasteiger partial charge in [0, 0.05) is 36.5 Å². The van der Waals surface area contributed by atoms with Crippen molar-refractivity contribution in [1.29, 1.82) is 0 Å². The molecule has 1 unspecified atom stereocenters. The number of hydrogen-bond donors (Lipinski definition) is 1. The zero-order valence-electron chi connectivity index (χ0n) is 19.3. The first-order valence-corrected chi connectivity index (χ1v) is 10.7. The molecule has 0 radical (unpaired) electrons. The molecule has 0 spiro atoms. The van der Waals surface area contributed by atoms with Gasteiger partial charge >= 0.3 is 0 Å². The minimum atomic E-state index is -1.19. The summed E-state index contributed by atoms with van der Waals surface area (Å²) in [6.07, 6.45) is 3.20. The molecule has 0 aliphatic carbocycles. The number of carbonyl (C=O) groups excluding carboxylic acids is 1. The van der Waals surface area contributed by atoms with Gasteiger partial charge in [0.15, 0.2) is 6.61 Å². The third-order valence-corrected chi connectivity index (χ3v) is 5.24. The fraction of sp³-hybridized carbons (Fsp3) is 0.167. The number of hydrazone groups is 2. The predicted molar refractivity (Wildman–Crippen MR) is 127 cm³/mol. The number of amides is 1. The number of ether oxygens (including phenoxy) is 2. The third kappa shape index (κ3) is 5.27. The number of rotatable bonds is 7. The fourth-order valence-electron chi connectivity index (χ4n) is 3.43. The Morgan fingerprint density at radius 1 is 1.22 bits per heavy atom. The van der Waals surface area contributed by atoms with Gasteiger partial charge in [-0.15, -0.1) is 5.10 Å². The maximum absolute atomic E-state index is 13.6. The average Bonchev–Trinajstić information content (AvgIpc) is 3.25. The average molecular weight is 492 g/mol. The molecule has 1 aromatic heterocycles. The van der Waals surface area contributed by atoms with Gasteiger partial charge in [-0.05, 0) is 37.3 Å². The molecule has 1 N–H and O–H groups in total. The lowest BCUT2D eigenvalue weighted by Crippen LogP contribution is -2.42. The van der Waals surface area contributed by atoms with E-state index < -0.39 is 29.0 Å². The van der Waals surface area contributed by atoms with Crippen molar-refractivity contribution in [3.8, 4) is 5.75 Å². The minimum Gasteiger partial charge on any atom is -0.483 e. The maximum atomic E-state index is 13.6. The molecule has 2 heterocycles. The third-order valence-electron chi connectivity index (χ3n) is 5.24. The largest absolute Gasteiger partial charge is 0.483 e. The topological polar surface area (TPSA) is 132 Å². The van der Waals surface area contributed by atoms with E-state index in [1.165, 1.54) is 41.4 Å². The van der Waals surface area contributed by atoms with Crippen LogP contribution in [0.3, 0.4) is 0 Å². The van der Waals surface area contributed by atoms with Gasteiger partial charge in [-0.3, -0.25) is 19.9 Å². The summed E-state index contributed by atoms with van der Waals surface area (Å²) >= 11 is 0. The molecule has 0 bridgehead atoms. The van der Waals surface area contributed by atoms with E-state index in [1.807, 2.05) is 0 Å². The molecular formula is C24H21FN6O5. The highest BCUT2D eigenvalue weighted by Crippen LogP contribution is 2.36. The first kappa shape index (κ1) is 24.3. The Kier molecular flexibility index (Phi) is 6.86. The number of benzene rings is 2. The lowest BCUT2D eigenvalue weighted by molar-refractivity contribution is -0.384. The molecule has 1 amide bonds. The molecule has 3 aromatic rings. The Balaban J connectivity index is 1.51. The standard InChI is InChI=1S/C24H21FN6O5/c1-16(27-28-22(32)15-35-21-5-3-4-20(14-21)31(33)34)30-24(2,18-6-8-19(25)9-7-18)36-23(29-30)17-10-12-26-13-11-17/h3-14H,15H2,1-2H3,(H,28,32)/b27-16+. The summed E-state index contributed by atoms with van der Waals surface area (Å²) in [5.74, 6) is -0.261. The van der Waals surface area contributed by atoms with Gasteiger partial charge in [0.25, 0.3) is 11.6 Å². The highest BCUT2D eigenvalue weighted by Gasteiger charge is 2.44. The summed E-state index contributed by atoms with van der Waals surface area (Å²) in [6, 6.07) is 14.7. The summed E-state index contributed by atoms with van der Waals surface area (Å²) in [4.78, 5) is 26.6. The SMILES string of the molecule is C/C(=N\NC(=O)COc1cccc([N+](=O)[O-])c1)N1N=C(c2ccncc2)OC1(C)c1ccc(F)cc1. The second kappa shape index (κ2) is 10.2. The van der Waals surface area contributed by atoms with Crippen molar-refractivity contribution < 1.29 is 23.6 Å². The van der Waals surface area contributed by atoms with E-state index in [4.69, 9.17) is 9.47 Å². The quantitative estimate of drug-likeness (QED) is 0.231. The van der Waals surface area contributed by atoms with Gasteiger partial charge in [-0.1, -0.05) is 18.2 Å². The number of nitro benzene ring substituents is 1. The van der Waals surface area contributed by atoms with Crippen molar-refractivity contribution in [3.63, 3.8) is 0 Å². The van der Waals surface area contributed by atoms with Gasteiger partial charge in [0.05, 0.1) is 11.0 Å². The lowest BCUT2D eigenvalue weighted by atomic mass is 10.0. The first-order valence-electron chi connectivity index (χ1n) is 10.7. The van der Waals surface area contributed by atoms with Crippen molar-refractivity contribution in [2.75, 3.05) is 6.61 Å². The van der Waals surface area contributed by atoms with E-state index in [9.17, 15) is 19.3 Å². The van der Waals surface area contributed by atoms with Crippen LogP contribution in [-0.4, -0.2) is 39.2 Å². The van der Waals surface area contributed by atoms with Crippen LogP contribution in [0.2, 0.25) is 0 Å². The number of carbonyl (C=O) groups is 1. The number of nitrogens with zero attached hydrogens (tertiary/aromatic N) is 5. The van der Waals surface area contributed by atoms with Crippen LogP contribution in [0, 0.1) is 15.9 Å². The van der Waals surface area contributed by atoms with E-state index in [1.54, 1.807) is 50.5 Å². The highest BCUT2D eigenvalue weighted by molar-refractivity contribution is 5.97. The number of non-ortho nitro benzene ring substituents is 1. The van der Waals surface area contributed by atoms with Gasteiger partial charge < -0.3 is 9.47 Å². The lowest BCUT2D eigenvalue weighted by Gasteiger charge is -2.32. The number of aromatic nitrogens is 1. The summed E-state index contributed by atoms with van der Waals surface area (Å²) in [5.41, 5.74) is 2.30. The normalized spacial score (nSPS) is 17.2.